The normalized spacial score (nSPS) is 18.6. The molecular weight excluding hydrogens is 394 g/mol. The second-order valence-corrected chi connectivity index (χ2v) is 10.7. The monoisotopic (exact) mass is 417 g/mol. The number of nitrogens with zero attached hydrogens (tertiary/aromatic N) is 1. The number of hydrogen-bond acceptors (Lipinski definition) is 5. The lowest BCUT2D eigenvalue weighted by Gasteiger charge is -2.28. The quantitative estimate of drug-likeness (QED) is 0.632. The zero-order valence-corrected chi connectivity index (χ0v) is 17.6. The largest absolute Gasteiger partial charge is 0.464 e. The Kier molecular flexibility index (Phi) is 5.05. The Bertz CT molecular complexity index is 1110. The molecule has 0 radical (unpaired) electrons. The first-order valence-corrected chi connectivity index (χ1v) is 12.0. The lowest BCUT2D eigenvalue weighted by atomic mass is 10.0. The van der Waals surface area contributed by atoms with E-state index in [0.29, 0.717) is 13.0 Å². The molecule has 0 spiro atoms. The fraction of sp³-hybridized carbons (Fsp3) is 0.381. The van der Waals surface area contributed by atoms with Gasteiger partial charge >= 0.3 is 0 Å². The minimum Gasteiger partial charge on any atom is -0.464 e. The van der Waals surface area contributed by atoms with E-state index in [-0.39, 0.29) is 29.9 Å². The van der Waals surface area contributed by atoms with E-state index >= 15 is 0 Å². The van der Waals surface area contributed by atoms with Gasteiger partial charge in [0.05, 0.1) is 30.7 Å². The lowest BCUT2D eigenvalue weighted by molar-refractivity contribution is -0.133. The molecule has 1 aliphatic heterocycles. The summed E-state index contributed by atoms with van der Waals surface area (Å²) in [4.78, 5) is 16.0. The van der Waals surface area contributed by atoms with Gasteiger partial charge in [-0.25, -0.2) is 8.42 Å². The van der Waals surface area contributed by atoms with Crippen LogP contribution < -0.4 is 0 Å². The molecule has 3 heterocycles. The number of furan rings is 1. The Morgan fingerprint density at radius 2 is 2.11 bits per heavy atom. The number of thiophene rings is 1. The maximum Gasteiger partial charge on any atom is 0.227 e. The van der Waals surface area contributed by atoms with Crippen molar-refractivity contribution >= 4 is 38.1 Å². The Morgan fingerprint density at radius 1 is 1.29 bits per heavy atom. The molecule has 5 nitrogen and oxygen atoms in total. The van der Waals surface area contributed by atoms with E-state index in [9.17, 15) is 13.2 Å². The Balaban J connectivity index is 1.61. The van der Waals surface area contributed by atoms with Crippen molar-refractivity contribution < 1.29 is 17.6 Å². The highest BCUT2D eigenvalue weighted by Gasteiger charge is 2.35. The summed E-state index contributed by atoms with van der Waals surface area (Å²) in [6.45, 7) is 4.50. The van der Waals surface area contributed by atoms with Gasteiger partial charge in [0.25, 0.3) is 0 Å². The topological polar surface area (TPSA) is 67.6 Å². The van der Waals surface area contributed by atoms with Gasteiger partial charge in [-0.05, 0) is 42.8 Å². The summed E-state index contributed by atoms with van der Waals surface area (Å²) in [5.41, 5.74) is 3.89. The van der Waals surface area contributed by atoms with Gasteiger partial charge in [0.1, 0.15) is 5.58 Å². The van der Waals surface area contributed by atoms with Crippen LogP contribution in [0.1, 0.15) is 28.0 Å². The molecule has 28 heavy (non-hydrogen) atoms. The van der Waals surface area contributed by atoms with E-state index in [4.69, 9.17) is 4.42 Å². The summed E-state index contributed by atoms with van der Waals surface area (Å²) in [5, 5.41) is 2.92. The lowest BCUT2D eigenvalue weighted by Crippen LogP contribution is -2.41. The summed E-state index contributed by atoms with van der Waals surface area (Å²) < 4.78 is 29.7. The van der Waals surface area contributed by atoms with Crippen LogP contribution in [0.25, 0.3) is 11.0 Å². The van der Waals surface area contributed by atoms with Crippen molar-refractivity contribution in [3.05, 3.63) is 57.5 Å². The molecule has 0 aliphatic carbocycles. The van der Waals surface area contributed by atoms with Gasteiger partial charge in [-0.2, -0.15) is 0 Å². The fourth-order valence-electron chi connectivity index (χ4n) is 3.80. The summed E-state index contributed by atoms with van der Waals surface area (Å²) in [7, 11) is -3.07. The molecule has 1 saturated heterocycles. The maximum atomic E-state index is 13.2. The molecule has 4 rings (SSSR count). The number of rotatable bonds is 5. The smallest absolute Gasteiger partial charge is 0.227 e. The van der Waals surface area contributed by atoms with E-state index in [1.807, 2.05) is 43.5 Å². The molecular formula is C21H23NO4S2. The van der Waals surface area contributed by atoms with Gasteiger partial charge in [-0.15, -0.1) is 11.3 Å². The van der Waals surface area contributed by atoms with Crippen LogP contribution in [0.5, 0.6) is 0 Å². The van der Waals surface area contributed by atoms with Crippen molar-refractivity contribution in [1.82, 2.24) is 4.90 Å². The molecule has 148 valence electrons. The Labute approximate surface area is 168 Å². The van der Waals surface area contributed by atoms with Crippen LogP contribution in [0.2, 0.25) is 0 Å². The number of hydrogen-bond donors (Lipinski definition) is 0. The first-order valence-electron chi connectivity index (χ1n) is 9.32. The average molecular weight is 418 g/mol. The zero-order chi connectivity index (χ0) is 19.9. The van der Waals surface area contributed by atoms with Crippen molar-refractivity contribution in [2.24, 2.45) is 0 Å². The number of benzene rings is 1. The number of aryl methyl sites for hydroxylation is 2. The van der Waals surface area contributed by atoms with Crippen molar-refractivity contribution in [3.8, 4) is 0 Å². The third-order valence-corrected chi connectivity index (χ3v) is 8.17. The third-order valence-electron chi connectivity index (χ3n) is 5.56. The number of carbonyl (C=O) groups is 1. The van der Waals surface area contributed by atoms with Gasteiger partial charge in [-0.3, -0.25) is 4.79 Å². The van der Waals surface area contributed by atoms with Crippen LogP contribution in [0.15, 0.2) is 40.3 Å². The third kappa shape index (κ3) is 3.73. The minimum absolute atomic E-state index is 0.0502. The van der Waals surface area contributed by atoms with Crippen molar-refractivity contribution in [2.75, 3.05) is 11.5 Å². The zero-order valence-electron chi connectivity index (χ0n) is 16.0. The number of fused-ring (bicyclic) bond motifs is 1. The van der Waals surface area contributed by atoms with Crippen molar-refractivity contribution in [2.45, 2.75) is 39.3 Å². The number of carbonyl (C=O) groups excluding carboxylic acids is 1. The molecule has 0 bridgehead atoms. The second kappa shape index (κ2) is 7.37. The highest BCUT2D eigenvalue weighted by atomic mass is 32.2. The van der Waals surface area contributed by atoms with E-state index in [2.05, 4.69) is 0 Å². The fourth-order valence-corrected chi connectivity index (χ4v) is 6.24. The SMILES string of the molecule is Cc1ccc2c(CC(=O)N(Cc3cccs3)C3CCS(=O)(=O)C3)coc2c1C. The van der Waals surface area contributed by atoms with Crippen LogP contribution in [-0.2, 0) is 27.6 Å². The molecule has 1 unspecified atom stereocenters. The van der Waals surface area contributed by atoms with E-state index in [1.165, 1.54) is 0 Å². The standard InChI is InChI=1S/C21H23NO4S2/c1-14-5-6-19-16(12-26-21(19)15(14)2)10-20(23)22(11-18-4-3-8-27-18)17-7-9-28(24,25)13-17/h3-6,8,12,17H,7,9-11,13H2,1-2H3. The molecule has 3 aromatic rings. The molecule has 1 amide bonds. The second-order valence-electron chi connectivity index (χ2n) is 7.48. The first kappa shape index (κ1) is 19.2. The molecule has 0 N–H and O–H groups in total. The van der Waals surface area contributed by atoms with E-state index in [0.717, 1.165) is 32.5 Å². The van der Waals surface area contributed by atoms with Gasteiger partial charge < -0.3 is 9.32 Å². The van der Waals surface area contributed by atoms with E-state index < -0.39 is 9.84 Å². The van der Waals surface area contributed by atoms with Crippen LogP contribution in [0.3, 0.4) is 0 Å². The minimum atomic E-state index is -3.07. The van der Waals surface area contributed by atoms with E-state index in [1.54, 1.807) is 22.5 Å². The van der Waals surface area contributed by atoms with Gasteiger partial charge in [0.15, 0.2) is 9.84 Å². The summed E-state index contributed by atoms with van der Waals surface area (Å²) >= 11 is 1.58. The molecule has 1 fully saturated rings. The molecule has 2 aromatic heterocycles. The summed E-state index contributed by atoms with van der Waals surface area (Å²) in [6, 6.07) is 7.69. The molecule has 0 saturated carbocycles. The highest BCUT2D eigenvalue weighted by molar-refractivity contribution is 7.91. The predicted octanol–water partition coefficient (Wildman–Crippen LogP) is 3.87. The maximum absolute atomic E-state index is 13.2. The van der Waals surface area contributed by atoms with Crippen LogP contribution >= 0.6 is 11.3 Å². The predicted molar refractivity (Wildman–Crippen MR) is 111 cm³/mol. The number of sulfone groups is 1. The Morgan fingerprint density at radius 3 is 2.79 bits per heavy atom. The molecule has 1 atom stereocenters. The van der Waals surface area contributed by atoms with Crippen LogP contribution in [0, 0.1) is 13.8 Å². The van der Waals surface area contributed by atoms with Crippen molar-refractivity contribution in [3.63, 3.8) is 0 Å². The Hall–Kier alpha value is -2.12. The van der Waals surface area contributed by atoms with Gasteiger partial charge in [0, 0.05) is 21.9 Å². The molecule has 1 aliphatic rings. The van der Waals surface area contributed by atoms with Crippen molar-refractivity contribution in [1.29, 1.82) is 0 Å². The first-order chi connectivity index (χ1) is 13.3. The number of amides is 1. The van der Waals surface area contributed by atoms with Crippen LogP contribution in [-0.4, -0.2) is 36.8 Å². The van der Waals surface area contributed by atoms with Gasteiger partial charge in [-0.1, -0.05) is 18.2 Å². The molecule has 7 heteroatoms. The molecule has 1 aromatic carbocycles. The van der Waals surface area contributed by atoms with Crippen LogP contribution in [0.4, 0.5) is 0 Å². The highest BCUT2D eigenvalue weighted by Crippen LogP contribution is 2.28. The van der Waals surface area contributed by atoms with Gasteiger partial charge in [0.2, 0.25) is 5.91 Å². The summed E-state index contributed by atoms with van der Waals surface area (Å²) in [5.74, 6) is 0.143. The average Bonchev–Trinajstić information content (AvgIpc) is 3.37. The summed E-state index contributed by atoms with van der Waals surface area (Å²) in [6.07, 6.45) is 2.37.